The predicted molar refractivity (Wildman–Crippen MR) is 151 cm³/mol. The van der Waals surface area contributed by atoms with Gasteiger partial charge in [0.15, 0.2) is 0 Å². The van der Waals surface area contributed by atoms with Crippen LogP contribution in [0.1, 0.15) is 18.4 Å². The predicted octanol–water partition coefficient (Wildman–Crippen LogP) is 4.12. The van der Waals surface area contributed by atoms with Gasteiger partial charge in [0.25, 0.3) is 0 Å². The topological polar surface area (TPSA) is 67.9 Å². The highest BCUT2D eigenvalue weighted by Gasteiger charge is 2.14. The van der Waals surface area contributed by atoms with E-state index in [1.807, 2.05) is 36.4 Å². The van der Waals surface area contributed by atoms with Gasteiger partial charge >= 0.3 is 0 Å². The van der Waals surface area contributed by atoms with Crippen LogP contribution in [-0.4, -0.2) is 86.2 Å². The fourth-order valence-electron chi connectivity index (χ4n) is 4.18. The molecule has 0 atom stereocenters. The van der Waals surface area contributed by atoms with Gasteiger partial charge in [0.05, 0.1) is 6.42 Å². The Hall–Kier alpha value is -2.32. The Labute approximate surface area is 224 Å². The van der Waals surface area contributed by atoms with Crippen molar-refractivity contribution in [3.05, 3.63) is 54.1 Å². The molecule has 1 saturated heterocycles. The number of piperazine rings is 1. The third-order valence-electron chi connectivity index (χ3n) is 6.30. The van der Waals surface area contributed by atoms with Crippen molar-refractivity contribution >= 4 is 52.1 Å². The molecule has 2 amide bonds. The van der Waals surface area contributed by atoms with Crippen LogP contribution in [0.15, 0.2) is 48.5 Å². The molecule has 1 aliphatic heterocycles. The molecule has 0 aliphatic carbocycles. The third kappa shape index (κ3) is 9.62. The summed E-state index contributed by atoms with van der Waals surface area (Å²) in [6, 6.07) is 15.1. The highest BCUT2D eigenvalue weighted by atomic mass is 35.5. The van der Waals surface area contributed by atoms with Crippen LogP contribution in [0.5, 0.6) is 0 Å². The molecule has 1 fully saturated rings. The van der Waals surface area contributed by atoms with Gasteiger partial charge in [-0.1, -0.05) is 12.1 Å². The van der Waals surface area contributed by atoms with E-state index < -0.39 is 0 Å². The Morgan fingerprint density at radius 1 is 0.833 bits per heavy atom. The third-order valence-corrected chi connectivity index (χ3v) is 6.64. The van der Waals surface area contributed by atoms with E-state index >= 15 is 0 Å². The van der Waals surface area contributed by atoms with E-state index in [0.717, 1.165) is 69.2 Å². The average Bonchev–Trinajstić information content (AvgIpc) is 2.87. The molecule has 2 aromatic carbocycles. The molecule has 0 aromatic heterocycles. The van der Waals surface area contributed by atoms with Crippen molar-refractivity contribution in [3.63, 3.8) is 0 Å². The van der Waals surface area contributed by atoms with Gasteiger partial charge in [0.2, 0.25) is 11.8 Å². The molecule has 3 rings (SSSR count). The fraction of sp³-hybridized carbons (Fsp3) is 0.481. The number of halogens is 2. The summed E-state index contributed by atoms with van der Waals surface area (Å²) in [5.41, 5.74) is 3.39. The van der Waals surface area contributed by atoms with Gasteiger partial charge < -0.3 is 25.3 Å². The zero-order valence-electron chi connectivity index (χ0n) is 21.0. The van der Waals surface area contributed by atoms with Gasteiger partial charge in [-0.25, -0.2) is 0 Å². The smallest absolute Gasteiger partial charge is 0.228 e. The zero-order valence-corrected chi connectivity index (χ0v) is 22.5. The van der Waals surface area contributed by atoms with E-state index in [0.29, 0.717) is 23.9 Å². The lowest BCUT2D eigenvalue weighted by Gasteiger charge is -2.32. The van der Waals surface area contributed by atoms with Crippen LogP contribution in [0, 0.1) is 0 Å². The van der Waals surface area contributed by atoms with Crippen molar-refractivity contribution < 1.29 is 9.59 Å². The largest absolute Gasteiger partial charge is 0.369 e. The standard InChI is InChI=1S/C27H37Cl2N5O2/c1-32-17-19-33(20-18-32)14-2-3-26(35)30-23-6-8-24(9-7-23)31-27(36)21-22-4-10-25(11-5-22)34(15-12-28)16-13-29/h4-11H,2-3,12-21H2,1H3,(H,30,35)(H,31,36). The maximum atomic E-state index is 12.5. The van der Waals surface area contributed by atoms with Crippen LogP contribution in [0.3, 0.4) is 0 Å². The second-order valence-electron chi connectivity index (χ2n) is 9.13. The molecule has 196 valence electrons. The Morgan fingerprint density at radius 2 is 1.39 bits per heavy atom. The number of carbonyl (C=O) groups excluding carboxylic acids is 2. The summed E-state index contributed by atoms with van der Waals surface area (Å²) < 4.78 is 0. The van der Waals surface area contributed by atoms with Crippen molar-refractivity contribution in [2.45, 2.75) is 19.3 Å². The molecule has 0 saturated carbocycles. The van der Waals surface area contributed by atoms with Crippen molar-refractivity contribution in [1.29, 1.82) is 0 Å². The molecule has 0 unspecified atom stereocenters. The summed E-state index contributed by atoms with van der Waals surface area (Å²) in [4.78, 5) is 31.7. The van der Waals surface area contributed by atoms with Crippen molar-refractivity contribution in [2.24, 2.45) is 0 Å². The number of nitrogens with zero attached hydrogens (tertiary/aromatic N) is 3. The van der Waals surface area contributed by atoms with Crippen LogP contribution in [0.2, 0.25) is 0 Å². The highest BCUT2D eigenvalue weighted by molar-refractivity contribution is 6.18. The Bertz CT molecular complexity index is 942. The van der Waals surface area contributed by atoms with Crippen LogP contribution in [0.4, 0.5) is 17.1 Å². The number of alkyl halides is 2. The lowest BCUT2D eigenvalue weighted by atomic mass is 10.1. The summed E-state index contributed by atoms with van der Waals surface area (Å²) in [6.45, 7) is 6.71. The SMILES string of the molecule is CN1CCN(CCCC(=O)Nc2ccc(NC(=O)Cc3ccc(N(CCCl)CCCl)cc3)cc2)CC1. The summed E-state index contributed by atoms with van der Waals surface area (Å²) in [7, 11) is 2.14. The number of benzene rings is 2. The lowest BCUT2D eigenvalue weighted by molar-refractivity contribution is -0.116. The fourth-order valence-corrected chi connectivity index (χ4v) is 4.59. The quantitative estimate of drug-likeness (QED) is 0.379. The number of rotatable bonds is 13. The van der Waals surface area contributed by atoms with Gasteiger partial charge in [-0.2, -0.15) is 0 Å². The average molecular weight is 535 g/mol. The van der Waals surface area contributed by atoms with Crippen molar-refractivity contribution in [1.82, 2.24) is 9.80 Å². The Kier molecular flexibility index (Phi) is 11.8. The molecule has 9 heteroatoms. The molecule has 7 nitrogen and oxygen atoms in total. The molecule has 0 bridgehead atoms. The summed E-state index contributed by atoms with van der Waals surface area (Å²) in [5.74, 6) is 0.975. The first-order valence-corrected chi connectivity index (χ1v) is 13.6. The molecule has 0 spiro atoms. The summed E-state index contributed by atoms with van der Waals surface area (Å²) in [5, 5.41) is 5.86. The molecular formula is C27H37Cl2N5O2. The molecular weight excluding hydrogens is 497 g/mol. The number of hydrogen-bond donors (Lipinski definition) is 2. The van der Waals surface area contributed by atoms with E-state index in [1.54, 1.807) is 12.1 Å². The van der Waals surface area contributed by atoms with Crippen LogP contribution in [0.25, 0.3) is 0 Å². The number of anilines is 3. The second kappa shape index (κ2) is 15.1. The maximum Gasteiger partial charge on any atom is 0.228 e. The van der Waals surface area contributed by atoms with Crippen LogP contribution >= 0.6 is 23.2 Å². The minimum Gasteiger partial charge on any atom is -0.369 e. The van der Waals surface area contributed by atoms with E-state index in [4.69, 9.17) is 23.2 Å². The van der Waals surface area contributed by atoms with E-state index in [9.17, 15) is 9.59 Å². The van der Waals surface area contributed by atoms with Gasteiger partial charge in [0.1, 0.15) is 0 Å². The minimum absolute atomic E-state index is 0.0139. The minimum atomic E-state index is -0.0955. The number of likely N-dealkylation sites (N-methyl/N-ethyl adjacent to an activating group) is 1. The van der Waals surface area contributed by atoms with Gasteiger partial charge in [-0.05, 0) is 62.0 Å². The molecule has 2 aromatic rings. The monoisotopic (exact) mass is 533 g/mol. The van der Waals surface area contributed by atoms with Crippen molar-refractivity contribution in [3.8, 4) is 0 Å². The van der Waals surface area contributed by atoms with Crippen LogP contribution < -0.4 is 15.5 Å². The van der Waals surface area contributed by atoms with Crippen LogP contribution in [-0.2, 0) is 16.0 Å². The van der Waals surface area contributed by atoms with Crippen molar-refractivity contribution in [2.75, 3.05) is 80.2 Å². The zero-order chi connectivity index (χ0) is 25.8. The molecule has 1 heterocycles. The van der Waals surface area contributed by atoms with Gasteiger partial charge in [0, 0.05) is 74.5 Å². The summed E-state index contributed by atoms with van der Waals surface area (Å²) >= 11 is 11.8. The molecule has 0 radical (unpaired) electrons. The van der Waals surface area contributed by atoms with E-state index in [-0.39, 0.29) is 18.2 Å². The highest BCUT2D eigenvalue weighted by Crippen LogP contribution is 2.18. The number of amides is 2. The number of hydrogen-bond acceptors (Lipinski definition) is 5. The first-order chi connectivity index (χ1) is 17.5. The first-order valence-electron chi connectivity index (χ1n) is 12.5. The van der Waals surface area contributed by atoms with E-state index in [1.165, 1.54) is 0 Å². The molecule has 2 N–H and O–H groups in total. The van der Waals surface area contributed by atoms with E-state index in [2.05, 4.69) is 32.4 Å². The van der Waals surface area contributed by atoms with Gasteiger partial charge in [-0.3, -0.25) is 9.59 Å². The molecule has 1 aliphatic rings. The molecule has 36 heavy (non-hydrogen) atoms. The Balaban J connectivity index is 1.39. The number of carbonyl (C=O) groups is 2. The number of nitrogens with one attached hydrogen (secondary N) is 2. The lowest BCUT2D eigenvalue weighted by Crippen LogP contribution is -2.44. The summed E-state index contributed by atoms with van der Waals surface area (Å²) in [6.07, 6.45) is 1.62. The first kappa shape index (κ1) is 28.3. The van der Waals surface area contributed by atoms with Gasteiger partial charge in [-0.15, -0.1) is 23.2 Å². The maximum absolute atomic E-state index is 12.5. The second-order valence-corrected chi connectivity index (χ2v) is 9.89. The Morgan fingerprint density at radius 3 is 1.94 bits per heavy atom. The normalized spacial score (nSPS) is 14.4.